The molecule has 0 atom stereocenters. The Morgan fingerprint density at radius 1 is 1.43 bits per heavy atom. The molecule has 2 N–H and O–H groups in total. The Hall–Kier alpha value is -1.20. The summed E-state index contributed by atoms with van der Waals surface area (Å²) in [7, 11) is 0. The van der Waals surface area contributed by atoms with Crippen LogP contribution in [-0.2, 0) is 13.1 Å². The van der Waals surface area contributed by atoms with Crippen LogP contribution in [0.2, 0.25) is 0 Å². The summed E-state index contributed by atoms with van der Waals surface area (Å²) in [6.07, 6.45) is 1.85. The molecule has 2 aromatic heterocycles. The minimum atomic E-state index is 0.804. The summed E-state index contributed by atoms with van der Waals surface area (Å²) in [5, 5.41) is 5.34. The molecule has 0 fully saturated rings. The number of thiazole rings is 1. The minimum Gasteiger partial charge on any atom is -0.345 e. The molecule has 2 heterocycles. The van der Waals surface area contributed by atoms with Crippen LogP contribution in [-0.4, -0.2) is 15.0 Å². The highest BCUT2D eigenvalue weighted by Gasteiger charge is 1.97. The molecule has 0 aliphatic heterocycles. The van der Waals surface area contributed by atoms with E-state index in [9.17, 15) is 0 Å². The number of hydrogen-bond donors (Lipinski definition) is 2. The average molecular weight is 208 g/mol. The highest BCUT2D eigenvalue weighted by Crippen LogP contribution is 2.01. The molecule has 0 amide bonds. The van der Waals surface area contributed by atoms with Crippen LogP contribution in [0.5, 0.6) is 0 Å². The lowest BCUT2D eigenvalue weighted by Gasteiger charge is -1.99. The molecule has 0 aliphatic rings. The summed E-state index contributed by atoms with van der Waals surface area (Å²) >= 11 is 1.62. The number of imidazole rings is 1. The van der Waals surface area contributed by atoms with Crippen molar-refractivity contribution in [3.8, 4) is 0 Å². The number of aryl methyl sites for hydroxylation is 1. The van der Waals surface area contributed by atoms with Crippen molar-refractivity contribution in [3.63, 3.8) is 0 Å². The summed E-state index contributed by atoms with van der Waals surface area (Å²) < 4.78 is 0. The molecule has 5 heteroatoms. The largest absolute Gasteiger partial charge is 0.345 e. The summed E-state index contributed by atoms with van der Waals surface area (Å²) in [6, 6.07) is 0. The van der Waals surface area contributed by atoms with Gasteiger partial charge in [0.15, 0.2) is 0 Å². The van der Waals surface area contributed by atoms with Gasteiger partial charge in [-0.25, -0.2) is 9.97 Å². The van der Waals surface area contributed by atoms with Crippen LogP contribution < -0.4 is 5.32 Å². The third kappa shape index (κ3) is 2.40. The fourth-order valence-electron chi connectivity index (χ4n) is 1.21. The van der Waals surface area contributed by atoms with Gasteiger partial charge in [-0.05, 0) is 6.92 Å². The van der Waals surface area contributed by atoms with Gasteiger partial charge < -0.3 is 10.3 Å². The molecule has 0 unspecified atom stereocenters. The first kappa shape index (κ1) is 9.36. The smallest absolute Gasteiger partial charge is 0.103 e. The Kier molecular flexibility index (Phi) is 2.90. The topological polar surface area (TPSA) is 53.6 Å². The van der Waals surface area contributed by atoms with Crippen molar-refractivity contribution < 1.29 is 0 Å². The molecule has 0 aliphatic carbocycles. The second-order valence-electron chi connectivity index (χ2n) is 3.08. The van der Waals surface area contributed by atoms with Gasteiger partial charge in [0.1, 0.15) is 5.82 Å². The quantitative estimate of drug-likeness (QED) is 0.800. The van der Waals surface area contributed by atoms with E-state index < -0.39 is 0 Å². The van der Waals surface area contributed by atoms with E-state index in [2.05, 4.69) is 20.3 Å². The zero-order valence-electron chi connectivity index (χ0n) is 7.95. The van der Waals surface area contributed by atoms with E-state index in [-0.39, 0.29) is 0 Å². The maximum absolute atomic E-state index is 4.18. The highest BCUT2D eigenvalue weighted by atomic mass is 32.1. The third-order valence-electron chi connectivity index (χ3n) is 1.86. The summed E-state index contributed by atoms with van der Waals surface area (Å²) in [4.78, 5) is 11.5. The Morgan fingerprint density at radius 2 is 2.36 bits per heavy atom. The molecule has 4 nitrogen and oxygen atoms in total. The normalized spacial score (nSPS) is 10.6. The van der Waals surface area contributed by atoms with Crippen molar-refractivity contribution in [1.82, 2.24) is 20.3 Å². The SMILES string of the molecule is Cc1ncc(CNCc2cscn2)[nH]1. The van der Waals surface area contributed by atoms with Crippen LogP contribution in [0.4, 0.5) is 0 Å². The number of rotatable bonds is 4. The molecule has 0 aromatic carbocycles. The first-order chi connectivity index (χ1) is 6.84. The minimum absolute atomic E-state index is 0.804. The van der Waals surface area contributed by atoms with E-state index in [0.29, 0.717) is 0 Å². The Labute approximate surface area is 86.4 Å². The highest BCUT2D eigenvalue weighted by molar-refractivity contribution is 7.07. The van der Waals surface area contributed by atoms with Gasteiger partial charge in [-0.2, -0.15) is 0 Å². The molecular formula is C9H12N4S. The lowest BCUT2D eigenvalue weighted by atomic mass is 10.4. The van der Waals surface area contributed by atoms with Crippen LogP contribution in [0.3, 0.4) is 0 Å². The third-order valence-corrected chi connectivity index (χ3v) is 2.50. The standard InChI is InChI=1S/C9H12N4S/c1-7-11-4-8(13-7)2-10-3-9-5-14-6-12-9/h4-6,10H,2-3H2,1H3,(H,11,13). The van der Waals surface area contributed by atoms with Crippen LogP contribution in [0.1, 0.15) is 17.2 Å². The van der Waals surface area contributed by atoms with E-state index in [1.807, 2.05) is 24.0 Å². The Morgan fingerprint density at radius 3 is 3.00 bits per heavy atom. The molecular weight excluding hydrogens is 196 g/mol. The van der Waals surface area contributed by atoms with Gasteiger partial charge in [0.25, 0.3) is 0 Å². The molecule has 14 heavy (non-hydrogen) atoms. The summed E-state index contributed by atoms with van der Waals surface area (Å²) in [6.45, 7) is 3.56. The van der Waals surface area contributed by atoms with Crippen molar-refractivity contribution in [2.75, 3.05) is 0 Å². The zero-order valence-corrected chi connectivity index (χ0v) is 8.77. The van der Waals surface area contributed by atoms with Crippen molar-refractivity contribution in [3.05, 3.63) is 34.3 Å². The van der Waals surface area contributed by atoms with Gasteiger partial charge in [0.2, 0.25) is 0 Å². The van der Waals surface area contributed by atoms with Crippen LogP contribution in [0, 0.1) is 6.92 Å². The molecule has 2 aromatic rings. The van der Waals surface area contributed by atoms with Crippen LogP contribution in [0.15, 0.2) is 17.1 Å². The van der Waals surface area contributed by atoms with E-state index in [1.165, 1.54) is 0 Å². The van der Waals surface area contributed by atoms with Crippen LogP contribution >= 0.6 is 11.3 Å². The molecule has 2 rings (SSSR count). The van der Waals surface area contributed by atoms with Gasteiger partial charge in [0.05, 0.1) is 11.2 Å². The maximum atomic E-state index is 4.18. The molecule has 0 saturated carbocycles. The first-order valence-corrected chi connectivity index (χ1v) is 5.37. The molecule has 0 radical (unpaired) electrons. The first-order valence-electron chi connectivity index (χ1n) is 4.43. The van der Waals surface area contributed by atoms with Gasteiger partial charge in [0, 0.05) is 30.4 Å². The van der Waals surface area contributed by atoms with E-state index in [0.717, 1.165) is 30.3 Å². The number of nitrogens with one attached hydrogen (secondary N) is 2. The summed E-state index contributed by atoms with van der Waals surface area (Å²) in [5.41, 5.74) is 4.04. The number of aromatic amines is 1. The van der Waals surface area contributed by atoms with Gasteiger partial charge in [-0.15, -0.1) is 11.3 Å². The number of H-pyrrole nitrogens is 1. The predicted molar refractivity (Wildman–Crippen MR) is 56.0 cm³/mol. The molecule has 74 valence electrons. The van der Waals surface area contributed by atoms with E-state index in [4.69, 9.17) is 0 Å². The van der Waals surface area contributed by atoms with E-state index in [1.54, 1.807) is 11.3 Å². The number of hydrogen-bond acceptors (Lipinski definition) is 4. The monoisotopic (exact) mass is 208 g/mol. The van der Waals surface area contributed by atoms with Crippen molar-refractivity contribution in [2.45, 2.75) is 20.0 Å². The van der Waals surface area contributed by atoms with Gasteiger partial charge in [-0.1, -0.05) is 0 Å². The predicted octanol–water partition coefficient (Wildman–Crippen LogP) is 1.46. The Bertz CT molecular complexity index is 379. The fourth-order valence-corrected chi connectivity index (χ4v) is 1.77. The van der Waals surface area contributed by atoms with Crippen LogP contribution in [0.25, 0.3) is 0 Å². The molecule has 0 saturated heterocycles. The van der Waals surface area contributed by atoms with Crippen molar-refractivity contribution in [2.24, 2.45) is 0 Å². The Balaban J connectivity index is 1.78. The number of aromatic nitrogens is 3. The maximum Gasteiger partial charge on any atom is 0.103 e. The lowest BCUT2D eigenvalue weighted by Crippen LogP contribution is -2.13. The van der Waals surface area contributed by atoms with Crippen molar-refractivity contribution in [1.29, 1.82) is 0 Å². The number of nitrogens with zero attached hydrogens (tertiary/aromatic N) is 2. The van der Waals surface area contributed by atoms with E-state index >= 15 is 0 Å². The molecule has 0 spiro atoms. The second kappa shape index (κ2) is 4.34. The summed E-state index contributed by atoms with van der Waals surface area (Å²) in [5.74, 6) is 0.954. The second-order valence-corrected chi connectivity index (χ2v) is 3.80. The van der Waals surface area contributed by atoms with Gasteiger partial charge in [-0.3, -0.25) is 0 Å². The zero-order chi connectivity index (χ0) is 9.80. The lowest BCUT2D eigenvalue weighted by molar-refractivity contribution is 0.672. The van der Waals surface area contributed by atoms with Gasteiger partial charge >= 0.3 is 0 Å². The fraction of sp³-hybridized carbons (Fsp3) is 0.333. The van der Waals surface area contributed by atoms with Crippen molar-refractivity contribution >= 4 is 11.3 Å². The average Bonchev–Trinajstić information content (AvgIpc) is 2.77. The molecule has 0 bridgehead atoms.